The average Bonchev–Trinajstić information content (AvgIpc) is 3.16. The SMILES string of the molecule is CC(C)(c1cc(N(c2ccccc2)c2ccccc2)cc(C(=O)O)n1)c1cc(N(c2ccccc2)c2ccccc2)cc(-c2[c-]cc(F)cc2F)n1.[Pt]. The molecule has 0 fully saturated rings. The number of hydrogen-bond acceptors (Lipinski definition) is 5. The molecule has 7 rings (SSSR count). The van der Waals surface area contributed by atoms with Crippen LogP contribution in [-0.4, -0.2) is 21.0 Å². The van der Waals surface area contributed by atoms with Crippen molar-refractivity contribution < 1.29 is 39.7 Å². The average molecular weight is 883 g/mol. The molecule has 7 aromatic rings. The Hall–Kier alpha value is -5.98. The van der Waals surface area contributed by atoms with Gasteiger partial charge in [-0.3, -0.25) is 8.78 Å². The van der Waals surface area contributed by atoms with Crippen molar-refractivity contribution in [2.75, 3.05) is 9.80 Å². The molecule has 0 amide bonds. The number of carbonyl (C=O) groups is 1. The first-order valence-electron chi connectivity index (χ1n) is 16.6. The molecule has 0 aliphatic heterocycles. The summed E-state index contributed by atoms with van der Waals surface area (Å²) in [6.45, 7) is 3.80. The number of pyridine rings is 2. The van der Waals surface area contributed by atoms with Gasteiger partial charge in [0.1, 0.15) is 0 Å². The van der Waals surface area contributed by atoms with Crippen LogP contribution in [0.4, 0.5) is 42.9 Å². The molecular formula is C44H33F2N4O2Pt-. The number of carboxylic acid groups (broad SMARTS) is 1. The third-order valence-corrected chi connectivity index (χ3v) is 8.81. The molecule has 0 aliphatic rings. The van der Waals surface area contributed by atoms with E-state index in [0.29, 0.717) is 22.8 Å². The third-order valence-electron chi connectivity index (χ3n) is 8.81. The van der Waals surface area contributed by atoms with Crippen LogP contribution in [-0.2, 0) is 26.5 Å². The minimum absolute atomic E-state index is 0. The van der Waals surface area contributed by atoms with Crippen LogP contribution in [0.5, 0.6) is 0 Å². The van der Waals surface area contributed by atoms with E-state index in [-0.39, 0.29) is 38.0 Å². The van der Waals surface area contributed by atoms with Gasteiger partial charge in [0, 0.05) is 72.2 Å². The van der Waals surface area contributed by atoms with Crippen molar-refractivity contribution in [3.05, 3.63) is 193 Å². The van der Waals surface area contributed by atoms with Crippen molar-refractivity contribution in [1.29, 1.82) is 0 Å². The molecule has 1 N–H and O–H groups in total. The van der Waals surface area contributed by atoms with Gasteiger partial charge in [-0.2, -0.15) is 0 Å². The van der Waals surface area contributed by atoms with Gasteiger partial charge in [-0.05, 0) is 86.3 Å². The van der Waals surface area contributed by atoms with Crippen molar-refractivity contribution >= 4 is 40.1 Å². The summed E-state index contributed by atoms with van der Waals surface area (Å²) in [5, 5.41) is 10.3. The van der Waals surface area contributed by atoms with Gasteiger partial charge in [-0.25, -0.2) is 9.78 Å². The number of para-hydroxylation sites is 4. The Morgan fingerprint density at radius 3 is 1.43 bits per heavy atom. The molecule has 9 heteroatoms. The second-order valence-electron chi connectivity index (χ2n) is 12.7. The maximum atomic E-state index is 15.5. The molecule has 0 saturated carbocycles. The number of rotatable bonds is 10. The second kappa shape index (κ2) is 15.7. The molecule has 2 heterocycles. The van der Waals surface area contributed by atoms with E-state index in [1.54, 1.807) is 12.1 Å². The molecular weight excluding hydrogens is 850 g/mol. The Bertz CT molecular complexity index is 2270. The van der Waals surface area contributed by atoms with Gasteiger partial charge in [0.15, 0.2) is 5.69 Å². The monoisotopic (exact) mass is 882 g/mol. The Kier molecular flexibility index (Phi) is 10.9. The van der Waals surface area contributed by atoms with Crippen molar-refractivity contribution in [3.8, 4) is 11.3 Å². The number of aromatic nitrogens is 2. The van der Waals surface area contributed by atoms with Gasteiger partial charge < -0.3 is 19.9 Å². The Balaban J connectivity index is 0.00000481. The maximum Gasteiger partial charge on any atom is 0.354 e. The fourth-order valence-corrected chi connectivity index (χ4v) is 6.14. The number of benzene rings is 5. The van der Waals surface area contributed by atoms with Crippen LogP contribution in [0.2, 0.25) is 0 Å². The number of carboxylic acids is 1. The normalized spacial score (nSPS) is 11.0. The second-order valence-corrected chi connectivity index (χ2v) is 12.7. The summed E-state index contributed by atoms with van der Waals surface area (Å²) >= 11 is 0. The zero-order valence-electron chi connectivity index (χ0n) is 28.7. The van der Waals surface area contributed by atoms with Crippen molar-refractivity contribution in [2.45, 2.75) is 19.3 Å². The number of halogens is 2. The first kappa shape index (κ1) is 36.8. The van der Waals surface area contributed by atoms with Crippen LogP contribution in [0.3, 0.4) is 0 Å². The fraction of sp³-hybridized carbons (Fsp3) is 0.0682. The molecule has 2 aromatic heterocycles. The van der Waals surface area contributed by atoms with E-state index in [9.17, 15) is 14.3 Å². The third kappa shape index (κ3) is 7.79. The Labute approximate surface area is 321 Å². The van der Waals surface area contributed by atoms with E-state index in [0.717, 1.165) is 34.9 Å². The van der Waals surface area contributed by atoms with Crippen LogP contribution >= 0.6 is 0 Å². The minimum Gasteiger partial charge on any atom is -0.477 e. The summed E-state index contributed by atoms with van der Waals surface area (Å²) in [6, 6.07) is 50.4. The number of hydrogen-bond donors (Lipinski definition) is 1. The molecule has 0 unspecified atom stereocenters. The van der Waals surface area contributed by atoms with E-state index in [1.807, 2.05) is 157 Å². The Morgan fingerprint density at radius 2 is 1.02 bits per heavy atom. The zero-order chi connectivity index (χ0) is 36.2. The largest absolute Gasteiger partial charge is 0.477 e. The zero-order valence-corrected chi connectivity index (χ0v) is 31.0. The van der Waals surface area contributed by atoms with E-state index in [1.165, 1.54) is 0 Å². The van der Waals surface area contributed by atoms with Crippen molar-refractivity contribution in [2.24, 2.45) is 0 Å². The summed E-state index contributed by atoms with van der Waals surface area (Å²) < 4.78 is 29.6. The van der Waals surface area contributed by atoms with E-state index >= 15 is 4.39 Å². The first-order chi connectivity index (χ1) is 25.2. The summed E-state index contributed by atoms with van der Waals surface area (Å²) in [7, 11) is 0. The van der Waals surface area contributed by atoms with Gasteiger partial charge >= 0.3 is 5.97 Å². The summed E-state index contributed by atoms with van der Waals surface area (Å²) in [5.74, 6) is -2.75. The summed E-state index contributed by atoms with van der Waals surface area (Å²) in [6.07, 6.45) is 0. The molecule has 0 saturated heterocycles. The Morgan fingerprint density at radius 1 is 0.604 bits per heavy atom. The van der Waals surface area contributed by atoms with Crippen LogP contribution in [0.15, 0.2) is 158 Å². The number of nitrogens with zero attached hydrogens (tertiary/aromatic N) is 4. The molecule has 0 radical (unpaired) electrons. The first-order valence-corrected chi connectivity index (χ1v) is 16.6. The molecule has 0 spiro atoms. The fourth-order valence-electron chi connectivity index (χ4n) is 6.14. The maximum absolute atomic E-state index is 15.5. The smallest absolute Gasteiger partial charge is 0.354 e. The molecule has 0 bridgehead atoms. The predicted molar refractivity (Wildman–Crippen MR) is 201 cm³/mol. The molecule has 5 aromatic carbocycles. The summed E-state index contributed by atoms with van der Waals surface area (Å²) in [5.41, 5.74) is 4.47. The van der Waals surface area contributed by atoms with E-state index < -0.39 is 23.0 Å². The van der Waals surface area contributed by atoms with Gasteiger partial charge in [0.2, 0.25) is 0 Å². The van der Waals surface area contributed by atoms with Crippen LogP contribution in [0.25, 0.3) is 11.3 Å². The van der Waals surface area contributed by atoms with Gasteiger partial charge in [0.05, 0.1) is 11.4 Å². The van der Waals surface area contributed by atoms with E-state index in [4.69, 9.17) is 4.98 Å². The molecule has 0 atom stereocenters. The molecule has 266 valence electrons. The van der Waals surface area contributed by atoms with E-state index in [2.05, 4.69) is 11.1 Å². The minimum atomic E-state index is -1.19. The predicted octanol–water partition coefficient (Wildman–Crippen LogP) is 11.2. The quantitative estimate of drug-likeness (QED) is 0.138. The molecule has 6 nitrogen and oxygen atoms in total. The van der Waals surface area contributed by atoms with Crippen LogP contribution in [0.1, 0.15) is 35.7 Å². The van der Waals surface area contributed by atoms with Gasteiger partial charge in [-0.1, -0.05) is 90.5 Å². The van der Waals surface area contributed by atoms with Gasteiger partial charge in [0.25, 0.3) is 0 Å². The number of anilines is 6. The summed E-state index contributed by atoms with van der Waals surface area (Å²) in [4.78, 5) is 26.3. The molecule has 53 heavy (non-hydrogen) atoms. The van der Waals surface area contributed by atoms with Crippen molar-refractivity contribution in [3.63, 3.8) is 0 Å². The van der Waals surface area contributed by atoms with Gasteiger partial charge in [-0.15, -0.1) is 12.1 Å². The number of aromatic carboxylic acids is 1. The van der Waals surface area contributed by atoms with Crippen LogP contribution in [0, 0.1) is 17.7 Å². The van der Waals surface area contributed by atoms with Crippen molar-refractivity contribution in [1.82, 2.24) is 9.97 Å². The topological polar surface area (TPSA) is 69.6 Å². The molecule has 0 aliphatic carbocycles. The van der Waals surface area contributed by atoms with Crippen LogP contribution < -0.4 is 9.80 Å². The standard InChI is InChI=1S/C44H33F2N4O2.Pt/c1-44(2,42-29-36(27-40(48-42)43(51)52)50(33-19-11-5-12-20-33)34-21-13-6-14-22-34)41-28-35(26-39(47-41)37-24-23-30(45)25-38(37)46)49(31-15-7-3-8-16-31)32-17-9-4-10-18-32;/h3-23,25-29H,1-2H3,(H,51,52);/q-1;.